The molecular formula is C105H89N27O4. The molecule has 16 aromatic heterocycles. The van der Waals surface area contributed by atoms with Gasteiger partial charge in [-0.15, -0.1) is 0 Å². The molecule has 0 amide bonds. The number of fused-ring (bicyclic) bond motifs is 8. The molecule has 0 spiro atoms. The Bertz CT molecular complexity index is 8630. The summed E-state index contributed by atoms with van der Waals surface area (Å²) in [5, 5.41) is 35.8. The molecule has 1 aliphatic carbocycles. The Kier molecular flexibility index (Phi) is 22.6. The maximum absolute atomic E-state index is 14.2. The van der Waals surface area contributed by atoms with Crippen molar-refractivity contribution in [1.82, 2.24) is 113 Å². The lowest BCUT2D eigenvalue weighted by molar-refractivity contribution is 0.636. The second kappa shape index (κ2) is 36.3. The summed E-state index contributed by atoms with van der Waals surface area (Å²) in [4.78, 5) is 108. The lowest BCUT2D eigenvalue weighted by Gasteiger charge is -2.22. The number of aromatic nitrogens is 23. The minimum atomic E-state index is -0.233. The number of para-hydroxylation sites is 3. The molecule has 0 bridgehead atoms. The SMILES string of the molecule is C[C@H](Nc1nccc2[nH]cnc12)c1cc2cccc(-c3ccn[nH]3)c2c(=O)n1-c1ccccc1.C[C@H](Nc1nccc2[nH]cnc12)c1cc2cccc(-c3ccncc3)c2c(=O)n1-c1ccccc1.C[C@H](Nc1nccc2[nH]cnc12)c1cc2cccc(-c3cnn(C)c3)c2c(=O)n1-c1ccccc1.C[C@H](Nc1nccc2[nH]cnc12)c1cc2cccc(-c3cnn(C)c3)c2c(=O)n1C1CC1. The molecule has 0 unspecified atom stereocenters. The van der Waals surface area contributed by atoms with Gasteiger partial charge in [0.25, 0.3) is 22.2 Å². The van der Waals surface area contributed by atoms with Crippen LogP contribution in [0.2, 0.25) is 0 Å². The van der Waals surface area contributed by atoms with Gasteiger partial charge >= 0.3 is 0 Å². The minimum Gasteiger partial charge on any atom is -0.360 e. The summed E-state index contributed by atoms with van der Waals surface area (Å²) < 4.78 is 10.8. The predicted octanol–water partition coefficient (Wildman–Crippen LogP) is 19.3. The maximum atomic E-state index is 14.2. The predicted molar refractivity (Wildman–Crippen MR) is 534 cm³/mol. The van der Waals surface area contributed by atoms with Crippen LogP contribution in [0.3, 0.4) is 0 Å². The van der Waals surface area contributed by atoms with Gasteiger partial charge in [-0.2, -0.15) is 15.3 Å². The molecule has 0 radical (unpaired) electrons. The number of aryl methyl sites for hydroxylation is 2. The number of hydrogen-bond acceptors (Lipinski definition) is 20. The van der Waals surface area contributed by atoms with Crippen molar-refractivity contribution in [3.63, 3.8) is 0 Å². The average molecular weight is 1790 g/mol. The van der Waals surface area contributed by atoms with Crippen LogP contribution in [0.4, 0.5) is 23.3 Å². The van der Waals surface area contributed by atoms with Gasteiger partial charge in [-0.3, -0.25) is 52.3 Å². The minimum absolute atomic E-state index is 0.0547. The fraction of sp³-hybridized carbons (Fsp3) is 0.124. The van der Waals surface area contributed by atoms with Crippen LogP contribution in [-0.4, -0.2) is 113 Å². The Hall–Kier alpha value is -18.2. The molecule has 23 aromatic rings. The number of hydrogen-bond donors (Lipinski definition) is 9. The number of benzene rings is 7. The maximum Gasteiger partial charge on any atom is 0.263 e. The van der Waals surface area contributed by atoms with Gasteiger partial charge in [-0.05, 0) is 187 Å². The van der Waals surface area contributed by atoms with Crippen LogP contribution < -0.4 is 43.5 Å². The lowest BCUT2D eigenvalue weighted by atomic mass is 9.98. The fourth-order valence-electron chi connectivity index (χ4n) is 18.1. The van der Waals surface area contributed by atoms with Gasteiger partial charge < -0.3 is 45.8 Å². The van der Waals surface area contributed by atoms with Crippen LogP contribution in [0.25, 0.3) is 149 Å². The number of nitrogens with one attached hydrogen (secondary N) is 9. The second-order valence-electron chi connectivity index (χ2n) is 33.5. The lowest BCUT2D eigenvalue weighted by Crippen LogP contribution is -2.26. The quantitative estimate of drug-likeness (QED) is 0.0342. The molecule has 1 saturated carbocycles. The van der Waals surface area contributed by atoms with Crippen LogP contribution in [0.15, 0.2) is 343 Å². The zero-order chi connectivity index (χ0) is 92.6. The molecule has 1 fully saturated rings. The highest BCUT2D eigenvalue weighted by atomic mass is 16.1. The monoisotopic (exact) mass is 1790 g/mol. The summed E-state index contributed by atoms with van der Waals surface area (Å²) in [6.07, 6.45) is 28.3. The van der Waals surface area contributed by atoms with E-state index in [-0.39, 0.29) is 52.4 Å². The molecule has 16 heterocycles. The molecule has 0 aliphatic heterocycles. The fourth-order valence-corrected chi connectivity index (χ4v) is 18.1. The Morgan fingerprint density at radius 1 is 0.331 bits per heavy atom. The van der Waals surface area contributed by atoms with Crippen molar-refractivity contribution < 1.29 is 0 Å². The van der Waals surface area contributed by atoms with Gasteiger partial charge in [0, 0.05) is 132 Å². The molecule has 668 valence electrons. The van der Waals surface area contributed by atoms with E-state index in [0.717, 1.165) is 168 Å². The highest BCUT2D eigenvalue weighted by Crippen LogP contribution is 2.41. The molecule has 0 saturated heterocycles. The molecular weight excluding hydrogens is 1700 g/mol. The summed E-state index contributed by atoms with van der Waals surface area (Å²) in [6.45, 7) is 8.14. The van der Waals surface area contributed by atoms with Crippen LogP contribution in [0.5, 0.6) is 0 Å². The van der Waals surface area contributed by atoms with Crippen molar-refractivity contribution in [3.05, 3.63) is 388 Å². The van der Waals surface area contributed by atoms with Crippen LogP contribution in [0, 0.1) is 0 Å². The number of H-pyrrole nitrogens is 5. The van der Waals surface area contributed by atoms with E-state index in [2.05, 4.69) is 138 Å². The third-order valence-electron chi connectivity index (χ3n) is 24.6. The number of rotatable bonds is 20. The largest absolute Gasteiger partial charge is 0.360 e. The molecule has 4 atom stereocenters. The smallest absolute Gasteiger partial charge is 0.263 e. The van der Waals surface area contributed by atoms with E-state index in [9.17, 15) is 19.2 Å². The number of imidazole rings is 4. The van der Waals surface area contributed by atoms with E-state index in [1.54, 1.807) is 97.9 Å². The average Bonchev–Trinajstić information content (AvgIpc) is 1.48. The van der Waals surface area contributed by atoms with Crippen molar-refractivity contribution >= 4 is 110 Å². The van der Waals surface area contributed by atoms with Crippen molar-refractivity contribution in [2.75, 3.05) is 21.3 Å². The van der Waals surface area contributed by atoms with Crippen molar-refractivity contribution in [2.24, 2.45) is 14.1 Å². The van der Waals surface area contributed by atoms with Gasteiger partial charge in [0.15, 0.2) is 23.3 Å². The van der Waals surface area contributed by atoms with Crippen molar-refractivity contribution in [3.8, 4) is 61.7 Å². The highest BCUT2D eigenvalue weighted by Gasteiger charge is 2.32. The first-order chi connectivity index (χ1) is 66.6. The zero-order valence-corrected chi connectivity index (χ0v) is 74.6. The first-order valence-corrected chi connectivity index (χ1v) is 44.6. The van der Waals surface area contributed by atoms with E-state index < -0.39 is 0 Å². The summed E-state index contributed by atoms with van der Waals surface area (Å²) in [7, 11) is 3.76. The van der Waals surface area contributed by atoms with E-state index in [1.165, 1.54) is 0 Å². The van der Waals surface area contributed by atoms with E-state index in [4.69, 9.17) is 0 Å². The van der Waals surface area contributed by atoms with Gasteiger partial charge in [-0.1, -0.05) is 127 Å². The first-order valence-electron chi connectivity index (χ1n) is 44.6. The topological polar surface area (TPSA) is 380 Å². The van der Waals surface area contributed by atoms with Crippen molar-refractivity contribution in [2.45, 2.75) is 70.7 Å². The Morgan fingerprint density at radius 2 is 0.662 bits per heavy atom. The van der Waals surface area contributed by atoms with Crippen LogP contribution in [-0.2, 0) is 14.1 Å². The Labute approximate surface area is 774 Å². The Balaban J connectivity index is 0.000000109. The molecule has 7 aromatic carbocycles. The van der Waals surface area contributed by atoms with Crippen LogP contribution in [0.1, 0.15) is 93.5 Å². The molecule has 24 rings (SSSR count). The normalized spacial score (nSPS) is 12.8. The number of nitrogens with zero attached hydrogens (tertiary/aromatic N) is 18. The van der Waals surface area contributed by atoms with Gasteiger partial charge in [0.2, 0.25) is 0 Å². The summed E-state index contributed by atoms with van der Waals surface area (Å²) in [6, 6.07) is 73.9. The van der Waals surface area contributed by atoms with E-state index in [1.807, 2.05) is 264 Å². The number of anilines is 4. The highest BCUT2D eigenvalue weighted by molar-refractivity contribution is 6.00. The summed E-state index contributed by atoms with van der Waals surface area (Å²) in [5.41, 5.74) is 19.4. The van der Waals surface area contributed by atoms with Gasteiger partial charge in [0.05, 0.1) is 111 Å². The van der Waals surface area contributed by atoms with E-state index in [0.29, 0.717) is 39.4 Å². The number of aromatic amines is 5. The molecule has 1 aliphatic rings. The molecule has 31 heteroatoms. The summed E-state index contributed by atoms with van der Waals surface area (Å²) >= 11 is 0. The van der Waals surface area contributed by atoms with Crippen molar-refractivity contribution in [1.29, 1.82) is 0 Å². The molecule has 9 N–H and O–H groups in total. The standard InChI is InChI=1S/C28H22N6O.C27H23N7O.C26H21N7O.C24H23N7O/c1-18(33-27-26-23(12-15-30-27)31-17-32-26)24-16-20-6-5-9-22(19-10-13-29-14-11-19)25(20)28(35)34(24)21-7-3-2-4-8-21;1-17(32-26-25-22(11-12-28-26)29-16-30-25)23-13-18-7-6-10-21(19-14-31-33(2)15-19)24(18)27(35)34(23)20-8-4-3-5-9-20;1-16(31-25-24-21(10-12-27-25)28-15-29-24)22-14-17-6-5-9-19(20-11-13-30-32-20)23(17)26(34)33(22)18-7-3-2-4-8-18;1-14(29-23-22-19(8-9-25-23)26-13-27-22)20-10-15-4-3-5-18(16-11-28-30(2)12-16)21(15)24(32)31(20)17-6-7-17/h2-18H,1H3,(H,30,33)(H,31,32);3-17H,1-2H3,(H,28,32)(H,29,30);2-16H,1H3,(H,27,31)(H,28,29)(H,30,32);3-5,8-14,17H,6-7H2,1-2H3,(H,25,29)(H,26,27)/t18-;17-;16-;14-/m0000/s1. The van der Waals surface area contributed by atoms with Gasteiger partial charge in [0.1, 0.15) is 22.1 Å². The Morgan fingerprint density at radius 3 is 1.00 bits per heavy atom. The molecule has 31 nitrogen and oxygen atoms in total. The zero-order valence-electron chi connectivity index (χ0n) is 74.6. The first kappa shape index (κ1) is 84.7. The third-order valence-corrected chi connectivity index (χ3v) is 24.6. The number of pyridine rings is 9. The third kappa shape index (κ3) is 16.3. The van der Waals surface area contributed by atoms with E-state index >= 15 is 0 Å². The molecule has 136 heavy (non-hydrogen) atoms. The van der Waals surface area contributed by atoms with Crippen LogP contribution >= 0.6 is 0 Å². The van der Waals surface area contributed by atoms with Gasteiger partial charge in [-0.25, -0.2) is 39.9 Å². The second-order valence-corrected chi connectivity index (χ2v) is 33.5. The summed E-state index contributed by atoms with van der Waals surface area (Å²) in [5.74, 6) is 2.68.